The molecular weight excluding hydrogens is 252 g/mol. The maximum absolute atomic E-state index is 12.2. The van der Waals surface area contributed by atoms with Gasteiger partial charge < -0.3 is 15.7 Å². The Labute approximate surface area is 112 Å². The van der Waals surface area contributed by atoms with Crippen molar-refractivity contribution in [2.24, 2.45) is 11.7 Å². The molecule has 0 radical (unpaired) electrons. The molecule has 0 aromatic carbocycles. The maximum atomic E-state index is 12.2. The minimum Gasteiger partial charge on any atom is -0.480 e. The third-order valence-electron chi connectivity index (χ3n) is 3.42. The van der Waals surface area contributed by atoms with Crippen LogP contribution in [0.3, 0.4) is 0 Å². The van der Waals surface area contributed by atoms with Crippen LogP contribution >= 0.6 is 11.8 Å². The van der Waals surface area contributed by atoms with Crippen LogP contribution in [0.25, 0.3) is 0 Å². The average Bonchev–Trinajstić information content (AvgIpc) is 2.34. The molecule has 1 amide bonds. The smallest absolute Gasteiger partial charge is 0.326 e. The van der Waals surface area contributed by atoms with Gasteiger partial charge >= 0.3 is 5.97 Å². The van der Waals surface area contributed by atoms with Crippen LogP contribution in [0.2, 0.25) is 0 Å². The van der Waals surface area contributed by atoms with Crippen LogP contribution in [0, 0.1) is 5.92 Å². The number of aliphatic carboxylic acids is 1. The van der Waals surface area contributed by atoms with Crippen molar-refractivity contribution in [3.63, 3.8) is 0 Å². The number of hydrogen-bond acceptors (Lipinski definition) is 4. The number of nitrogens with two attached hydrogens (primary N) is 1. The standard InChI is InChI=1S/C12H22N2O3S/c1-8-4-3-6-14(10(8)12(16)17)11(15)9(13)5-7-18-2/h8-10H,3-7,13H2,1-2H3,(H,16,17)/t8?,9-,10?/m0/s1. The number of hydrogen-bond donors (Lipinski definition) is 2. The third-order valence-corrected chi connectivity index (χ3v) is 4.06. The van der Waals surface area contributed by atoms with Crippen molar-refractivity contribution in [1.29, 1.82) is 0 Å². The zero-order valence-electron chi connectivity index (χ0n) is 11.0. The summed E-state index contributed by atoms with van der Waals surface area (Å²) in [6, 6.07) is -1.30. The van der Waals surface area contributed by atoms with Gasteiger partial charge in [0.1, 0.15) is 6.04 Å². The first-order chi connectivity index (χ1) is 8.49. The third kappa shape index (κ3) is 3.62. The molecule has 104 valence electrons. The van der Waals surface area contributed by atoms with E-state index in [1.165, 1.54) is 4.90 Å². The number of carboxylic acid groups (broad SMARTS) is 1. The number of carboxylic acids is 1. The molecule has 0 spiro atoms. The number of nitrogens with zero attached hydrogens (tertiary/aromatic N) is 1. The molecule has 0 aliphatic carbocycles. The van der Waals surface area contributed by atoms with Gasteiger partial charge in [0, 0.05) is 6.54 Å². The molecule has 1 fully saturated rings. The first-order valence-electron chi connectivity index (χ1n) is 6.26. The van der Waals surface area contributed by atoms with E-state index in [2.05, 4.69) is 0 Å². The SMILES string of the molecule is CSCC[C@H](N)C(=O)N1CCCC(C)C1C(=O)O. The van der Waals surface area contributed by atoms with Gasteiger partial charge in [-0.25, -0.2) is 4.79 Å². The Morgan fingerprint density at radius 3 is 2.78 bits per heavy atom. The quantitative estimate of drug-likeness (QED) is 0.774. The Balaban J connectivity index is 2.71. The summed E-state index contributed by atoms with van der Waals surface area (Å²) in [6.45, 7) is 2.39. The Morgan fingerprint density at radius 1 is 1.56 bits per heavy atom. The van der Waals surface area contributed by atoms with Crippen molar-refractivity contribution < 1.29 is 14.7 Å². The Kier molecular flexibility index (Phi) is 5.95. The van der Waals surface area contributed by atoms with E-state index < -0.39 is 18.1 Å². The Bertz CT molecular complexity index is 312. The average molecular weight is 274 g/mol. The predicted octanol–water partition coefficient (Wildman–Crippen LogP) is 0.778. The zero-order valence-corrected chi connectivity index (χ0v) is 11.8. The molecule has 1 aliphatic heterocycles. The second-order valence-electron chi connectivity index (χ2n) is 4.82. The lowest BCUT2D eigenvalue weighted by Gasteiger charge is -2.38. The summed E-state index contributed by atoms with van der Waals surface area (Å²) in [5.41, 5.74) is 5.84. The van der Waals surface area contributed by atoms with Crippen molar-refractivity contribution in [2.45, 2.75) is 38.3 Å². The van der Waals surface area contributed by atoms with Gasteiger partial charge in [-0.05, 0) is 37.2 Å². The number of carbonyl (C=O) groups excluding carboxylic acids is 1. The van der Waals surface area contributed by atoms with Gasteiger partial charge in [-0.3, -0.25) is 4.79 Å². The fourth-order valence-electron chi connectivity index (χ4n) is 2.39. The number of carbonyl (C=O) groups is 2. The van der Waals surface area contributed by atoms with Gasteiger partial charge in [0.25, 0.3) is 0 Å². The minimum absolute atomic E-state index is 0.00653. The van der Waals surface area contributed by atoms with E-state index in [0.717, 1.165) is 18.6 Å². The first-order valence-corrected chi connectivity index (χ1v) is 7.66. The lowest BCUT2D eigenvalue weighted by molar-refractivity contribution is -0.155. The number of rotatable bonds is 5. The minimum atomic E-state index is -0.924. The van der Waals surface area contributed by atoms with Gasteiger partial charge in [0.15, 0.2) is 0 Å². The summed E-state index contributed by atoms with van der Waals surface area (Å²) in [5, 5.41) is 9.25. The van der Waals surface area contributed by atoms with Crippen LogP contribution in [0.15, 0.2) is 0 Å². The molecule has 6 heteroatoms. The molecule has 2 unspecified atom stereocenters. The summed E-state index contributed by atoms with van der Waals surface area (Å²) in [4.78, 5) is 24.9. The van der Waals surface area contributed by atoms with Crippen molar-refractivity contribution in [2.75, 3.05) is 18.6 Å². The molecule has 0 saturated carbocycles. The molecule has 1 rings (SSSR count). The highest BCUT2D eigenvalue weighted by Gasteiger charge is 2.38. The molecule has 0 bridgehead atoms. The Hall–Kier alpha value is -0.750. The molecule has 1 aliphatic rings. The lowest BCUT2D eigenvalue weighted by Crippen LogP contribution is -2.56. The van der Waals surface area contributed by atoms with Crippen molar-refractivity contribution in [1.82, 2.24) is 4.90 Å². The van der Waals surface area contributed by atoms with Gasteiger partial charge in [-0.15, -0.1) is 0 Å². The van der Waals surface area contributed by atoms with E-state index in [9.17, 15) is 14.7 Å². The van der Waals surface area contributed by atoms with Gasteiger partial charge in [0.05, 0.1) is 6.04 Å². The van der Waals surface area contributed by atoms with Crippen molar-refractivity contribution >= 4 is 23.6 Å². The van der Waals surface area contributed by atoms with E-state index >= 15 is 0 Å². The van der Waals surface area contributed by atoms with E-state index in [4.69, 9.17) is 5.73 Å². The molecule has 1 saturated heterocycles. The highest BCUT2D eigenvalue weighted by Crippen LogP contribution is 2.24. The van der Waals surface area contributed by atoms with E-state index in [0.29, 0.717) is 13.0 Å². The largest absolute Gasteiger partial charge is 0.480 e. The topological polar surface area (TPSA) is 83.6 Å². The highest BCUT2D eigenvalue weighted by molar-refractivity contribution is 7.98. The fourth-order valence-corrected chi connectivity index (χ4v) is 2.88. The lowest BCUT2D eigenvalue weighted by atomic mass is 9.90. The molecule has 1 heterocycles. The molecule has 3 N–H and O–H groups in total. The van der Waals surface area contributed by atoms with Crippen LogP contribution in [0.1, 0.15) is 26.2 Å². The molecule has 18 heavy (non-hydrogen) atoms. The van der Waals surface area contributed by atoms with Crippen LogP contribution < -0.4 is 5.73 Å². The Morgan fingerprint density at radius 2 is 2.22 bits per heavy atom. The molecule has 3 atom stereocenters. The normalized spacial score (nSPS) is 25.8. The van der Waals surface area contributed by atoms with Gasteiger partial charge in [0.2, 0.25) is 5.91 Å². The van der Waals surface area contributed by atoms with Gasteiger partial charge in [-0.2, -0.15) is 11.8 Å². The van der Waals surface area contributed by atoms with Crippen LogP contribution in [-0.2, 0) is 9.59 Å². The summed E-state index contributed by atoms with van der Waals surface area (Å²) < 4.78 is 0. The summed E-state index contributed by atoms with van der Waals surface area (Å²) in [6.07, 6.45) is 4.25. The highest BCUT2D eigenvalue weighted by atomic mass is 32.2. The maximum Gasteiger partial charge on any atom is 0.326 e. The molecule has 5 nitrogen and oxygen atoms in total. The van der Waals surface area contributed by atoms with E-state index in [1.807, 2.05) is 13.2 Å². The van der Waals surface area contributed by atoms with Crippen LogP contribution in [0.5, 0.6) is 0 Å². The number of thioether (sulfide) groups is 1. The zero-order chi connectivity index (χ0) is 13.7. The second-order valence-corrected chi connectivity index (χ2v) is 5.81. The monoisotopic (exact) mass is 274 g/mol. The van der Waals surface area contributed by atoms with Crippen molar-refractivity contribution in [3.8, 4) is 0 Å². The summed E-state index contributed by atoms with van der Waals surface area (Å²) in [5.74, 6) is -0.336. The fraction of sp³-hybridized carbons (Fsp3) is 0.833. The summed E-state index contributed by atoms with van der Waals surface area (Å²) >= 11 is 1.63. The molecule has 0 aromatic rings. The van der Waals surface area contributed by atoms with Crippen LogP contribution in [-0.4, -0.2) is 52.5 Å². The van der Waals surface area contributed by atoms with Gasteiger partial charge in [-0.1, -0.05) is 6.92 Å². The molecule has 0 aromatic heterocycles. The summed E-state index contributed by atoms with van der Waals surface area (Å²) in [7, 11) is 0. The number of likely N-dealkylation sites (tertiary alicyclic amines) is 1. The molecular formula is C12H22N2O3S. The number of piperidine rings is 1. The van der Waals surface area contributed by atoms with E-state index in [-0.39, 0.29) is 11.8 Å². The number of amides is 1. The first kappa shape index (κ1) is 15.3. The van der Waals surface area contributed by atoms with Crippen LogP contribution in [0.4, 0.5) is 0 Å². The van der Waals surface area contributed by atoms with Crippen molar-refractivity contribution in [3.05, 3.63) is 0 Å². The second kappa shape index (κ2) is 6.99. The predicted molar refractivity (Wildman–Crippen MR) is 72.5 cm³/mol. The van der Waals surface area contributed by atoms with E-state index in [1.54, 1.807) is 11.8 Å².